The van der Waals surface area contributed by atoms with E-state index in [9.17, 15) is 4.79 Å². The molecule has 0 fully saturated rings. The third-order valence-electron chi connectivity index (χ3n) is 2.55. The van der Waals surface area contributed by atoms with Gasteiger partial charge in [0.25, 0.3) is 0 Å². The van der Waals surface area contributed by atoms with E-state index in [-0.39, 0.29) is 17.6 Å². The maximum atomic E-state index is 11.7. The van der Waals surface area contributed by atoms with Crippen LogP contribution in [-0.2, 0) is 11.2 Å². The quantitative estimate of drug-likeness (QED) is 0.697. The number of hydrogen-bond donors (Lipinski definition) is 3. The van der Waals surface area contributed by atoms with Crippen LogP contribution in [0.2, 0.25) is 10.0 Å². The van der Waals surface area contributed by atoms with Crippen LogP contribution in [0.3, 0.4) is 0 Å². The van der Waals surface area contributed by atoms with Crippen molar-refractivity contribution >= 4 is 46.8 Å². The van der Waals surface area contributed by atoms with Crippen LogP contribution >= 0.6 is 35.0 Å². The van der Waals surface area contributed by atoms with E-state index in [1.54, 1.807) is 12.1 Å². The van der Waals surface area contributed by atoms with E-state index in [0.717, 1.165) is 5.56 Å². The number of benzene rings is 1. The Morgan fingerprint density at radius 1 is 1.43 bits per heavy atom. The number of aromatic amines is 1. The summed E-state index contributed by atoms with van der Waals surface area (Å²) in [6, 6.07) is 5.31. The molecule has 0 radical (unpaired) electrons. The molecule has 0 aliphatic rings. The molecular weight excluding hydrogens is 333 g/mol. The molecule has 2 rings (SSSR count). The predicted octanol–water partition coefficient (Wildman–Crippen LogP) is 2.14. The average Bonchev–Trinajstić information content (AvgIpc) is 2.85. The molecule has 9 heteroatoms. The topological polar surface area (TPSA) is 96.7 Å². The first kappa shape index (κ1) is 15.9. The molecule has 0 spiro atoms. The Balaban J connectivity index is 1.71. The summed E-state index contributed by atoms with van der Waals surface area (Å²) in [6.45, 7) is 0.497. The van der Waals surface area contributed by atoms with Crippen LogP contribution < -0.4 is 11.1 Å². The van der Waals surface area contributed by atoms with Gasteiger partial charge in [-0.15, -0.1) is 5.10 Å². The standard InChI is InChI=1S/C12H13Cl2N5OS/c13-8-2-1-7(9(14)5-8)3-4-16-10(20)6-21-12-17-11(15)18-19-12/h1-2,5H,3-4,6H2,(H,16,20)(H3,15,17,18,19). The molecule has 0 aliphatic carbocycles. The third-order valence-corrected chi connectivity index (χ3v) is 3.98. The van der Waals surface area contributed by atoms with E-state index in [4.69, 9.17) is 28.9 Å². The summed E-state index contributed by atoms with van der Waals surface area (Å²) in [6.07, 6.45) is 0.639. The fraction of sp³-hybridized carbons (Fsp3) is 0.250. The summed E-state index contributed by atoms with van der Waals surface area (Å²) < 4.78 is 0. The summed E-state index contributed by atoms with van der Waals surface area (Å²) in [5, 5.41) is 10.8. The van der Waals surface area contributed by atoms with E-state index in [1.807, 2.05) is 6.07 Å². The van der Waals surface area contributed by atoms with Gasteiger partial charge in [-0.3, -0.25) is 4.79 Å². The number of thioether (sulfide) groups is 1. The number of nitrogens with two attached hydrogens (primary N) is 1. The van der Waals surface area contributed by atoms with Crippen molar-refractivity contribution in [2.24, 2.45) is 0 Å². The van der Waals surface area contributed by atoms with Crippen LogP contribution in [0.5, 0.6) is 0 Å². The highest BCUT2D eigenvalue weighted by atomic mass is 35.5. The minimum atomic E-state index is -0.103. The summed E-state index contributed by atoms with van der Waals surface area (Å²) in [5.74, 6) is 0.356. The first-order valence-corrected chi connectivity index (χ1v) is 7.80. The van der Waals surface area contributed by atoms with Gasteiger partial charge in [-0.1, -0.05) is 41.0 Å². The Labute approximate surface area is 135 Å². The molecule has 0 aliphatic heterocycles. The van der Waals surface area contributed by atoms with E-state index < -0.39 is 0 Å². The zero-order valence-electron chi connectivity index (χ0n) is 10.9. The van der Waals surface area contributed by atoms with Gasteiger partial charge in [-0.2, -0.15) is 4.98 Å². The number of nitrogens with zero attached hydrogens (tertiary/aromatic N) is 2. The molecule has 1 aromatic heterocycles. The van der Waals surface area contributed by atoms with Gasteiger partial charge in [0.1, 0.15) is 0 Å². The van der Waals surface area contributed by atoms with Gasteiger partial charge in [0.05, 0.1) is 5.75 Å². The number of nitrogen functional groups attached to an aromatic ring is 1. The van der Waals surface area contributed by atoms with Crippen LogP contribution in [0, 0.1) is 0 Å². The Kier molecular flexibility index (Phi) is 5.72. The molecule has 21 heavy (non-hydrogen) atoms. The Hall–Kier alpha value is -1.44. The van der Waals surface area contributed by atoms with E-state index >= 15 is 0 Å². The lowest BCUT2D eigenvalue weighted by Gasteiger charge is -2.06. The van der Waals surface area contributed by atoms with Crippen molar-refractivity contribution in [2.75, 3.05) is 18.0 Å². The van der Waals surface area contributed by atoms with Gasteiger partial charge < -0.3 is 11.1 Å². The second-order valence-electron chi connectivity index (χ2n) is 4.13. The zero-order valence-corrected chi connectivity index (χ0v) is 13.2. The molecule has 1 heterocycles. The van der Waals surface area contributed by atoms with Gasteiger partial charge in [0.15, 0.2) is 0 Å². The first-order chi connectivity index (χ1) is 10.0. The molecule has 4 N–H and O–H groups in total. The Morgan fingerprint density at radius 2 is 2.24 bits per heavy atom. The van der Waals surface area contributed by atoms with Crippen LogP contribution in [-0.4, -0.2) is 33.4 Å². The number of carbonyl (C=O) groups is 1. The Morgan fingerprint density at radius 3 is 2.90 bits per heavy atom. The zero-order chi connectivity index (χ0) is 15.2. The maximum Gasteiger partial charge on any atom is 0.230 e. The number of rotatable bonds is 6. The minimum absolute atomic E-state index is 0.103. The van der Waals surface area contributed by atoms with Crippen molar-refractivity contribution < 1.29 is 4.79 Å². The summed E-state index contributed by atoms with van der Waals surface area (Å²) in [7, 11) is 0. The number of H-pyrrole nitrogens is 1. The van der Waals surface area contributed by atoms with Gasteiger partial charge in [-0.05, 0) is 24.1 Å². The second kappa shape index (κ2) is 7.53. The van der Waals surface area contributed by atoms with Gasteiger partial charge in [0, 0.05) is 16.6 Å². The maximum absolute atomic E-state index is 11.7. The van der Waals surface area contributed by atoms with Gasteiger partial charge in [-0.25, -0.2) is 5.10 Å². The highest BCUT2D eigenvalue weighted by Crippen LogP contribution is 2.21. The minimum Gasteiger partial charge on any atom is -0.368 e. The van der Waals surface area contributed by atoms with E-state index in [0.29, 0.717) is 28.2 Å². The molecule has 112 valence electrons. The largest absolute Gasteiger partial charge is 0.368 e. The van der Waals surface area contributed by atoms with Crippen molar-refractivity contribution in [1.29, 1.82) is 0 Å². The lowest BCUT2D eigenvalue weighted by molar-refractivity contribution is -0.118. The van der Waals surface area contributed by atoms with E-state index in [1.165, 1.54) is 11.8 Å². The number of aromatic nitrogens is 3. The van der Waals surface area contributed by atoms with Crippen molar-refractivity contribution in [1.82, 2.24) is 20.5 Å². The van der Waals surface area contributed by atoms with E-state index in [2.05, 4.69) is 20.5 Å². The number of amides is 1. The molecular formula is C12H13Cl2N5OS. The molecule has 0 bridgehead atoms. The van der Waals surface area contributed by atoms with Crippen molar-refractivity contribution in [3.8, 4) is 0 Å². The molecule has 0 unspecified atom stereocenters. The molecule has 1 aromatic carbocycles. The van der Waals surface area contributed by atoms with Gasteiger partial charge in [0.2, 0.25) is 17.0 Å². The van der Waals surface area contributed by atoms with Crippen molar-refractivity contribution in [2.45, 2.75) is 11.6 Å². The molecule has 2 aromatic rings. The highest BCUT2D eigenvalue weighted by Gasteiger charge is 2.07. The first-order valence-electron chi connectivity index (χ1n) is 6.06. The molecule has 0 saturated heterocycles. The monoisotopic (exact) mass is 345 g/mol. The SMILES string of the molecule is Nc1nc(SCC(=O)NCCc2ccc(Cl)cc2Cl)n[nH]1. The normalized spacial score (nSPS) is 10.6. The van der Waals surface area contributed by atoms with Crippen molar-refractivity contribution in [3.63, 3.8) is 0 Å². The number of nitrogens with one attached hydrogen (secondary N) is 2. The molecule has 1 amide bonds. The molecule has 0 saturated carbocycles. The number of carbonyl (C=O) groups excluding carboxylic acids is 1. The second-order valence-corrected chi connectivity index (χ2v) is 5.91. The summed E-state index contributed by atoms with van der Waals surface area (Å²) in [5.41, 5.74) is 6.33. The molecule has 6 nitrogen and oxygen atoms in total. The van der Waals surface area contributed by atoms with Crippen LogP contribution in [0.25, 0.3) is 0 Å². The summed E-state index contributed by atoms with van der Waals surface area (Å²) in [4.78, 5) is 15.6. The fourth-order valence-corrected chi connectivity index (χ4v) is 2.70. The van der Waals surface area contributed by atoms with Crippen LogP contribution in [0.1, 0.15) is 5.56 Å². The average molecular weight is 346 g/mol. The number of halogens is 2. The lowest BCUT2D eigenvalue weighted by atomic mass is 10.1. The highest BCUT2D eigenvalue weighted by molar-refractivity contribution is 7.99. The van der Waals surface area contributed by atoms with Crippen LogP contribution in [0.4, 0.5) is 5.95 Å². The smallest absolute Gasteiger partial charge is 0.230 e. The molecule has 0 atom stereocenters. The fourth-order valence-electron chi connectivity index (χ4n) is 1.56. The van der Waals surface area contributed by atoms with Crippen LogP contribution in [0.15, 0.2) is 23.4 Å². The number of anilines is 1. The lowest BCUT2D eigenvalue weighted by Crippen LogP contribution is -2.27. The predicted molar refractivity (Wildman–Crippen MR) is 84.7 cm³/mol. The number of hydrogen-bond acceptors (Lipinski definition) is 5. The summed E-state index contributed by atoms with van der Waals surface area (Å²) >= 11 is 13.1. The van der Waals surface area contributed by atoms with Gasteiger partial charge >= 0.3 is 0 Å². The third kappa shape index (κ3) is 5.11. The van der Waals surface area contributed by atoms with Crippen molar-refractivity contribution in [3.05, 3.63) is 33.8 Å². The Bertz CT molecular complexity index is 634.